The lowest BCUT2D eigenvalue weighted by atomic mass is 10.2. The van der Waals surface area contributed by atoms with Crippen LogP contribution < -0.4 is 9.46 Å². The minimum Gasteiger partial charge on any atom is -0.495 e. The first-order valence-electron chi connectivity index (χ1n) is 7.29. The van der Waals surface area contributed by atoms with E-state index in [1.165, 1.54) is 7.11 Å². The summed E-state index contributed by atoms with van der Waals surface area (Å²) in [6.45, 7) is 1.95. The molecule has 23 heavy (non-hydrogen) atoms. The van der Waals surface area contributed by atoms with Crippen LogP contribution in [0.1, 0.15) is 23.8 Å². The monoisotopic (exact) mass is 338 g/mol. The van der Waals surface area contributed by atoms with Gasteiger partial charge >= 0.3 is 0 Å². The molecule has 0 aliphatic carbocycles. The molecule has 0 spiro atoms. The Labute approximate surface area is 136 Å². The van der Waals surface area contributed by atoms with Crippen LogP contribution in [-0.4, -0.2) is 31.7 Å². The molecule has 2 aromatic rings. The van der Waals surface area contributed by atoms with Crippen LogP contribution in [0, 0.1) is 6.92 Å². The van der Waals surface area contributed by atoms with Crippen molar-refractivity contribution < 1.29 is 18.3 Å². The highest BCUT2D eigenvalue weighted by Gasteiger charge is 2.20. The van der Waals surface area contributed by atoms with Crippen molar-refractivity contribution in [1.29, 1.82) is 0 Å². The number of aliphatic hydroxyl groups excluding tert-OH is 1. The van der Waals surface area contributed by atoms with E-state index in [0.717, 1.165) is 11.3 Å². The number of rotatable bonds is 7. The number of ether oxygens (including phenoxy) is 1. The number of aromatic nitrogens is 1. The third kappa shape index (κ3) is 4.13. The minimum atomic E-state index is -3.69. The Morgan fingerprint density at radius 1 is 1.35 bits per heavy atom. The van der Waals surface area contributed by atoms with Gasteiger partial charge < -0.3 is 14.4 Å². The average molecular weight is 338 g/mol. The summed E-state index contributed by atoms with van der Waals surface area (Å²) in [5.74, 6) is 0.297. The number of hydrogen-bond donors (Lipinski definition) is 2. The van der Waals surface area contributed by atoms with E-state index in [9.17, 15) is 13.5 Å². The molecule has 0 saturated carbocycles. The number of benzene rings is 1. The van der Waals surface area contributed by atoms with Gasteiger partial charge in [-0.2, -0.15) is 0 Å². The van der Waals surface area contributed by atoms with Crippen LogP contribution >= 0.6 is 0 Å². The molecule has 2 rings (SSSR count). The van der Waals surface area contributed by atoms with Crippen LogP contribution in [-0.2, 0) is 17.1 Å². The van der Waals surface area contributed by atoms with Gasteiger partial charge in [0.2, 0.25) is 10.0 Å². The van der Waals surface area contributed by atoms with Crippen LogP contribution in [0.15, 0.2) is 41.4 Å². The molecule has 0 bridgehead atoms. The van der Waals surface area contributed by atoms with Crippen molar-refractivity contribution in [3.63, 3.8) is 0 Å². The van der Waals surface area contributed by atoms with Crippen molar-refractivity contribution in [3.05, 3.63) is 47.8 Å². The van der Waals surface area contributed by atoms with Crippen molar-refractivity contribution >= 4 is 10.0 Å². The Balaban J connectivity index is 2.05. The minimum absolute atomic E-state index is 0.105. The van der Waals surface area contributed by atoms with Gasteiger partial charge in [0.15, 0.2) is 0 Å². The predicted molar refractivity (Wildman–Crippen MR) is 87.9 cm³/mol. The lowest BCUT2D eigenvalue weighted by Gasteiger charge is -2.14. The van der Waals surface area contributed by atoms with Crippen LogP contribution in [0.2, 0.25) is 0 Å². The van der Waals surface area contributed by atoms with Gasteiger partial charge in [0.25, 0.3) is 0 Å². The molecule has 1 atom stereocenters. The van der Waals surface area contributed by atoms with Crippen molar-refractivity contribution in [2.24, 2.45) is 7.05 Å². The van der Waals surface area contributed by atoms with Crippen LogP contribution in [0.4, 0.5) is 0 Å². The Morgan fingerprint density at radius 2 is 2.09 bits per heavy atom. The Hall–Kier alpha value is -1.83. The molecule has 1 heterocycles. The normalized spacial score (nSPS) is 13.0. The second-order valence-corrected chi connectivity index (χ2v) is 7.14. The number of nitrogens with zero attached hydrogens (tertiary/aromatic N) is 1. The molecule has 0 radical (unpaired) electrons. The van der Waals surface area contributed by atoms with Crippen LogP contribution in [0.3, 0.4) is 0 Å². The zero-order chi connectivity index (χ0) is 17.0. The van der Waals surface area contributed by atoms with E-state index in [2.05, 4.69) is 4.72 Å². The lowest BCUT2D eigenvalue weighted by Crippen LogP contribution is -2.26. The van der Waals surface area contributed by atoms with Gasteiger partial charge in [-0.05, 0) is 43.2 Å². The van der Waals surface area contributed by atoms with E-state index in [0.29, 0.717) is 5.75 Å². The highest BCUT2D eigenvalue weighted by atomic mass is 32.2. The molecule has 0 saturated heterocycles. The fourth-order valence-electron chi connectivity index (χ4n) is 2.37. The summed E-state index contributed by atoms with van der Waals surface area (Å²) < 4.78 is 34.3. The zero-order valence-corrected chi connectivity index (χ0v) is 14.3. The standard InChI is InChI=1S/C16H22N2O4S/c1-12-6-7-15(22-3)16(11-12)23(20,21)17-9-8-14(19)13-5-4-10-18(13)2/h4-7,10-11,14,17,19H,8-9H2,1-3H3/t14-/m0/s1. The van der Waals surface area contributed by atoms with E-state index in [-0.39, 0.29) is 17.9 Å². The van der Waals surface area contributed by atoms with Gasteiger partial charge in [-0.25, -0.2) is 13.1 Å². The number of sulfonamides is 1. The predicted octanol–water partition coefficient (Wildman–Crippen LogP) is 1.74. The van der Waals surface area contributed by atoms with Gasteiger partial charge in [-0.1, -0.05) is 6.07 Å². The quantitative estimate of drug-likeness (QED) is 0.806. The summed E-state index contributed by atoms with van der Waals surface area (Å²) in [7, 11) is -0.426. The Morgan fingerprint density at radius 3 is 2.70 bits per heavy atom. The number of hydrogen-bond acceptors (Lipinski definition) is 4. The molecule has 0 aliphatic rings. The Bertz CT molecular complexity index is 768. The Kier molecular flexibility index (Phi) is 5.46. The summed E-state index contributed by atoms with van der Waals surface area (Å²) in [5, 5.41) is 10.1. The van der Waals surface area contributed by atoms with Gasteiger partial charge in [0, 0.05) is 25.5 Å². The molecule has 1 aromatic heterocycles. The first kappa shape index (κ1) is 17.5. The van der Waals surface area contributed by atoms with Crippen molar-refractivity contribution in [1.82, 2.24) is 9.29 Å². The molecule has 6 nitrogen and oxygen atoms in total. The van der Waals surface area contributed by atoms with Gasteiger partial charge in [-0.15, -0.1) is 0 Å². The summed E-state index contributed by atoms with van der Waals surface area (Å²) >= 11 is 0. The SMILES string of the molecule is COc1ccc(C)cc1S(=O)(=O)NCC[C@H](O)c1cccn1C. The number of nitrogens with one attached hydrogen (secondary N) is 1. The number of aryl methyl sites for hydroxylation is 2. The topological polar surface area (TPSA) is 80.6 Å². The van der Waals surface area contributed by atoms with Crippen molar-refractivity contribution in [2.45, 2.75) is 24.3 Å². The molecule has 1 aromatic carbocycles. The maximum absolute atomic E-state index is 12.4. The van der Waals surface area contributed by atoms with Crippen LogP contribution in [0.25, 0.3) is 0 Å². The molecule has 7 heteroatoms. The van der Waals surface area contributed by atoms with Gasteiger partial charge in [0.05, 0.1) is 13.2 Å². The highest BCUT2D eigenvalue weighted by molar-refractivity contribution is 7.89. The van der Waals surface area contributed by atoms with Crippen molar-refractivity contribution in [3.8, 4) is 5.75 Å². The molecule has 0 fully saturated rings. The molecule has 0 aliphatic heterocycles. The molecule has 0 unspecified atom stereocenters. The summed E-state index contributed by atoms with van der Waals surface area (Å²) in [5.41, 5.74) is 1.58. The summed E-state index contributed by atoms with van der Waals surface area (Å²) in [6, 6.07) is 8.62. The first-order chi connectivity index (χ1) is 10.8. The van der Waals surface area contributed by atoms with E-state index in [4.69, 9.17) is 4.74 Å². The summed E-state index contributed by atoms with van der Waals surface area (Å²) in [6.07, 6.45) is 1.39. The maximum Gasteiger partial charge on any atom is 0.244 e. The van der Waals surface area contributed by atoms with Gasteiger partial charge in [0.1, 0.15) is 10.6 Å². The highest BCUT2D eigenvalue weighted by Crippen LogP contribution is 2.24. The number of aliphatic hydroxyl groups is 1. The van der Waals surface area contributed by atoms with Gasteiger partial charge in [-0.3, -0.25) is 0 Å². The van der Waals surface area contributed by atoms with E-state index in [1.807, 2.05) is 36.9 Å². The maximum atomic E-state index is 12.4. The third-order valence-corrected chi connectivity index (χ3v) is 5.13. The molecule has 2 N–H and O–H groups in total. The summed E-state index contributed by atoms with van der Waals surface area (Å²) in [4.78, 5) is 0.105. The average Bonchev–Trinajstić information content (AvgIpc) is 2.93. The molecular formula is C16H22N2O4S. The van der Waals surface area contributed by atoms with E-state index in [1.54, 1.807) is 18.2 Å². The van der Waals surface area contributed by atoms with Crippen LogP contribution in [0.5, 0.6) is 5.75 Å². The molecular weight excluding hydrogens is 316 g/mol. The van der Waals surface area contributed by atoms with E-state index < -0.39 is 16.1 Å². The lowest BCUT2D eigenvalue weighted by molar-refractivity contribution is 0.161. The second-order valence-electron chi connectivity index (χ2n) is 5.40. The number of methoxy groups -OCH3 is 1. The first-order valence-corrected chi connectivity index (χ1v) is 8.77. The zero-order valence-electron chi connectivity index (χ0n) is 13.5. The fraction of sp³-hybridized carbons (Fsp3) is 0.375. The largest absolute Gasteiger partial charge is 0.495 e. The molecule has 126 valence electrons. The smallest absolute Gasteiger partial charge is 0.244 e. The third-order valence-electron chi connectivity index (χ3n) is 3.64. The van der Waals surface area contributed by atoms with Crippen molar-refractivity contribution in [2.75, 3.05) is 13.7 Å². The fourth-order valence-corrected chi connectivity index (χ4v) is 3.67. The van der Waals surface area contributed by atoms with E-state index >= 15 is 0 Å². The molecule has 0 amide bonds. The second kappa shape index (κ2) is 7.16.